The van der Waals surface area contributed by atoms with Crippen molar-refractivity contribution in [2.45, 2.75) is 13.5 Å². The van der Waals surface area contributed by atoms with E-state index in [9.17, 15) is 0 Å². The molecule has 0 bridgehead atoms. The third-order valence-corrected chi connectivity index (χ3v) is 2.42. The molecule has 0 aliphatic rings. The fraction of sp³-hybridized carbons (Fsp3) is 0.500. The molecular formula is C6H9N7S. The maximum atomic E-state index is 3.97. The van der Waals surface area contributed by atoms with E-state index in [0.717, 1.165) is 10.0 Å². The van der Waals surface area contributed by atoms with Gasteiger partial charge in [0.15, 0.2) is 0 Å². The van der Waals surface area contributed by atoms with Gasteiger partial charge in [-0.2, -0.15) is 0 Å². The molecule has 0 radical (unpaired) electrons. The summed E-state index contributed by atoms with van der Waals surface area (Å²) in [5, 5.41) is 23.8. The average molecular weight is 211 g/mol. The molecule has 0 atom stereocenters. The zero-order chi connectivity index (χ0) is 9.97. The highest BCUT2D eigenvalue weighted by Gasteiger charge is 2.03. The van der Waals surface area contributed by atoms with E-state index in [1.54, 1.807) is 23.1 Å². The van der Waals surface area contributed by atoms with Crippen molar-refractivity contribution < 1.29 is 0 Å². The first-order valence-electron chi connectivity index (χ1n) is 4.01. The van der Waals surface area contributed by atoms with Gasteiger partial charge in [0.25, 0.3) is 0 Å². The zero-order valence-electron chi connectivity index (χ0n) is 7.80. The molecule has 0 amide bonds. The van der Waals surface area contributed by atoms with E-state index >= 15 is 0 Å². The van der Waals surface area contributed by atoms with Crippen LogP contribution in [0.2, 0.25) is 0 Å². The van der Waals surface area contributed by atoms with E-state index in [2.05, 4.69) is 31.0 Å². The van der Waals surface area contributed by atoms with Crippen LogP contribution in [-0.4, -0.2) is 30.4 Å². The molecule has 2 rings (SSSR count). The van der Waals surface area contributed by atoms with Crippen LogP contribution in [0.1, 0.15) is 10.0 Å². The number of nitrogens with zero attached hydrogens (tertiary/aromatic N) is 6. The fourth-order valence-electron chi connectivity index (χ4n) is 0.943. The number of tetrazole rings is 1. The number of aryl methyl sites for hydroxylation is 2. The fourth-order valence-corrected chi connectivity index (χ4v) is 1.59. The zero-order valence-corrected chi connectivity index (χ0v) is 8.62. The van der Waals surface area contributed by atoms with Crippen LogP contribution in [0.3, 0.4) is 0 Å². The number of hydrogen-bond donors (Lipinski definition) is 1. The highest BCUT2D eigenvalue weighted by Crippen LogP contribution is 2.09. The Hall–Kier alpha value is -1.57. The third-order valence-electron chi connectivity index (χ3n) is 1.59. The minimum atomic E-state index is 0.597. The van der Waals surface area contributed by atoms with Crippen molar-refractivity contribution in [1.29, 1.82) is 0 Å². The van der Waals surface area contributed by atoms with Crippen molar-refractivity contribution in [3.05, 3.63) is 10.0 Å². The Labute approximate surface area is 84.2 Å². The maximum absolute atomic E-state index is 3.97. The van der Waals surface area contributed by atoms with Crippen molar-refractivity contribution in [3.63, 3.8) is 0 Å². The van der Waals surface area contributed by atoms with Crippen molar-refractivity contribution in [2.24, 2.45) is 7.05 Å². The first-order valence-corrected chi connectivity index (χ1v) is 4.82. The molecule has 2 aromatic rings. The molecule has 0 saturated carbocycles. The summed E-state index contributed by atoms with van der Waals surface area (Å²) in [4.78, 5) is 0. The third kappa shape index (κ3) is 1.84. The summed E-state index contributed by atoms with van der Waals surface area (Å²) in [5.74, 6) is 0.623. The Morgan fingerprint density at radius 1 is 1.36 bits per heavy atom. The minimum Gasteiger partial charge on any atom is -0.346 e. The molecule has 0 aliphatic carbocycles. The summed E-state index contributed by atoms with van der Waals surface area (Å²) in [6.07, 6.45) is 0. The van der Waals surface area contributed by atoms with Gasteiger partial charge in [-0.05, 0) is 17.4 Å². The maximum Gasteiger partial charge on any atom is 0.242 e. The first kappa shape index (κ1) is 9.00. The number of nitrogens with one attached hydrogen (secondary N) is 1. The van der Waals surface area contributed by atoms with Gasteiger partial charge in [0.2, 0.25) is 5.95 Å². The Balaban J connectivity index is 1.98. The summed E-state index contributed by atoms with van der Waals surface area (Å²) in [5.41, 5.74) is 0. The Morgan fingerprint density at radius 2 is 2.21 bits per heavy atom. The van der Waals surface area contributed by atoms with Gasteiger partial charge >= 0.3 is 0 Å². The van der Waals surface area contributed by atoms with Crippen LogP contribution in [-0.2, 0) is 13.6 Å². The van der Waals surface area contributed by atoms with E-state index in [-0.39, 0.29) is 0 Å². The Morgan fingerprint density at radius 3 is 2.79 bits per heavy atom. The van der Waals surface area contributed by atoms with Gasteiger partial charge in [0.1, 0.15) is 10.0 Å². The predicted molar refractivity (Wildman–Crippen MR) is 50.8 cm³/mol. The first-order chi connectivity index (χ1) is 6.75. The topological polar surface area (TPSA) is 81.4 Å². The SMILES string of the molecule is Cc1nnc(CNc2nnnn2C)s1. The summed E-state index contributed by atoms with van der Waals surface area (Å²) < 4.78 is 1.56. The van der Waals surface area contributed by atoms with Gasteiger partial charge in [-0.15, -0.1) is 10.2 Å². The van der Waals surface area contributed by atoms with Crippen molar-refractivity contribution in [1.82, 2.24) is 30.4 Å². The molecule has 7 nitrogen and oxygen atoms in total. The second kappa shape index (κ2) is 3.66. The summed E-state index contributed by atoms with van der Waals surface area (Å²) in [7, 11) is 1.77. The Bertz CT molecular complexity index is 419. The van der Waals surface area contributed by atoms with Crippen LogP contribution < -0.4 is 5.32 Å². The summed E-state index contributed by atoms with van der Waals surface area (Å²) in [6, 6.07) is 0. The van der Waals surface area contributed by atoms with Gasteiger partial charge in [-0.25, -0.2) is 4.68 Å². The second-order valence-corrected chi connectivity index (χ2v) is 3.96. The molecule has 2 heterocycles. The lowest BCUT2D eigenvalue weighted by Gasteiger charge is -1.99. The molecule has 0 spiro atoms. The van der Waals surface area contributed by atoms with Crippen LogP contribution >= 0.6 is 11.3 Å². The molecule has 0 aliphatic heterocycles. The largest absolute Gasteiger partial charge is 0.346 e. The standard InChI is InChI=1S/C6H9N7S/c1-4-8-9-5(14-4)3-7-6-10-11-12-13(6)2/h3H2,1-2H3,(H,7,10,12). The van der Waals surface area contributed by atoms with E-state index in [0.29, 0.717) is 12.5 Å². The lowest BCUT2D eigenvalue weighted by atomic mass is 10.7. The highest BCUT2D eigenvalue weighted by molar-refractivity contribution is 7.11. The van der Waals surface area contributed by atoms with Crippen molar-refractivity contribution in [2.75, 3.05) is 5.32 Å². The number of rotatable bonds is 3. The highest BCUT2D eigenvalue weighted by atomic mass is 32.1. The predicted octanol–water partition coefficient (Wildman–Crippen LogP) is -0.0179. The van der Waals surface area contributed by atoms with Crippen LogP contribution in [0.5, 0.6) is 0 Å². The Kier molecular flexibility index (Phi) is 2.35. The van der Waals surface area contributed by atoms with Gasteiger partial charge < -0.3 is 5.32 Å². The molecule has 8 heteroatoms. The lowest BCUT2D eigenvalue weighted by molar-refractivity contribution is 0.712. The van der Waals surface area contributed by atoms with Gasteiger partial charge in [0.05, 0.1) is 6.54 Å². The number of aromatic nitrogens is 6. The van der Waals surface area contributed by atoms with E-state index in [1.165, 1.54) is 0 Å². The normalized spacial score (nSPS) is 10.4. The molecule has 0 aromatic carbocycles. The molecule has 0 fully saturated rings. The van der Waals surface area contributed by atoms with E-state index in [1.807, 2.05) is 6.92 Å². The van der Waals surface area contributed by atoms with Crippen LogP contribution in [0.15, 0.2) is 0 Å². The van der Waals surface area contributed by atoms with E-state index < -0.39 is 0 Å². The molecule has 0 unspecified atom stereocenters. The average Bonchev–Trinajstić information content (AvgIpc) is 2.72. The van der Waals surface area contributed by atoms with Crippen LogP contribution in [0, 0.1) is 6.92 Å². The van der Waals surface area contributed by atoms with E-state index in [4.69, 9.17) is 0 Å². The van der Waals surface area contributed by atoms with Gasteiger partial charge in [0, 0.05) is 7.05 Å². The van der Waals surface area contributed by atoms with Gasteiger partial charge in [-0.3, -0.25) is 0 Å². The molecule has 0 saturated heterocycles. The quantitative estimate of drug-likeness (QED) is 0.768. The molecule has 2 aromatic heterocycles. The monoisotopic (exact) mass is 211 g/mol. The number of hydrogen-bond acceptors (Lipinski definition) is 7. The molecule has 1 N–H and O–H groups in total. The minimum absolute atomic E-state index is 0.597. The molecule has 74 valence electrons. The van der Waals surface area contributed by atoms with Crippen LogP contribution in [0.25, 0.3) is 0 Å². The molecule has 14 heavy (non-hydrogen) atoms. The van der Waals surface area contributed by atoms with Crippen LogP contribution in [0.4, 0.5) is 5.95 Å². The van der Waals surface area contributed by atoms with Gasteiger partial charge in [-0.1, -0.05) is 16.4 Å². The summed E-state index contributed by atoms with van der Waals surface area (Å²) >= 11 is 1.55. The lowest BCUT2D eigenvalue weighted by Crippen LogP contribution is -2.05. The second-order valence-electron chi connectivity index (χ2n) is 2.69. The molecular weight excluding hydrogens is 202 g/mol. The smallest absolute Gasteiger partial charge is 0.242 e. The summed E-state index contributed by atoms with van der Waals surface area (Å²) in [6.45, 7) is 2.52. The number of anilines is 1. The van der Waals surface area contributed by atoms with Crippen molar-refractivity contribution >= 4 is 17.3 Å². The van der Waals surface area contributed by atoms with Crippen molar-refractivity contribution in [3.8, 4) is 0 Å².